The summed E-state index contributed by atoms with van der Waals surface area (Å²) in [7, 11) is 0. The molecule has 0 aliphatic heterocycles. The molecule has 0 aromatic heterocycles. The highest BCUT2D eigenvalue weighted by molar-refractivity contribution is 5.58. The van der Waals surface area contributed by atoms with Gasteiger partial charge in [0, 0.05) is 6.42 Å². The van der Waals surface area contributed by atoms with Gasteiger partial charge in [-0.05, 0) is 40.4 Å². The SMILES string of the molecule is CCC(C)(C)c1ccc(C[C]=O)c(C(C)(C)CC)c1. The molecule has 0 spiro atoms. The van der Waals surface area contributed by atoms with Gasteiger partial charge in [0.25, 0.3) is 0 Å². The standard InChI is InChI=1S/C18H27O/c1-7-17(3,4)15-10-9-14(11-12-19)16(13-15)18(5,6)8-2/h9-10,13H,7-8,11H2,1-6H3. The highest BCUT2D eigenvalue weighted by Gasteiger charge is 2.25. The number of hydrogen-bond acceptors (Lipinski definition) is 1. The Balaban J connectivity index is 3.38. The molecule has 1 aromatic carbocycles. The molecule has 19 heavy (non-hydrogen) atoms. The largest absolute Gasteiger partial charge is 0.291 e. The van der Waals surface area contributed by atoms with Crippen LogP contribution < -0.4 is 0 Å². The van der Waals surface area contributed by atoms with E-state index in [1.165, 1.54) is 11.1 Å². The summed E-state index contributed by atoms with van der Waals surface area (Å²) in [5.41, 5.74) is 4.07. The molecule has 0 fully saturated rings. The van der Waals surface area contributed by atoms with Gasteiger partial charge in [-0.3, -0.25) is 4.79 Å². The molecule has 0 saturated carbocycles. The van der Waals surface area contributed by atoms with Crippen LogP contribution in [0.3, 0.4) is 0 Å². The van der Waals surface area contributed by atoms with E-state index in [0.29, 0.717) is 6.42 Å². The lowest BCUT2D eigenvalue weighted by atomic mass is 9.74. The fraction of sp³-hybridized carbons (Fsp3) is 0.611. The van der Waals surface area contributed by atoms with Crippen molar-refractivity contribution in [2.75, 3.05) is 0 Å². The van der Waals surface area contributed by atoms with Gasteiger partial charge >= 0.3 is 0 Å². The van der Waals surface area contributed by atoms with Crippen LogP contribution in [0, 0.1) is 0 Å². The van der Waals surface area contributed by atoms with Crippen LogP contribution in [0.4, 0.5) is 0 Å². The van der Waals surface area contributed by atoms with Crippen molar-refractivity contribution in [3.8, 4) is 0 Å². The summed E-state index contributed by atoms with van der Waals surface area (Å²) >= 11 is 0. The summed E-state index contributed by atoms with van der Waals surface area (Å²) in [6, 6.07) is 6.59. The minimum Gasteiger partial charge on any atom is -0.291 e. The van der Waals surface area contributed by atoms with E-state index >= 15 is 0 Å². The van der Waals surface area contributed by atoms with E-state index in [0.717, 1.165) is 18.4 Å². The quantitative estimate of drug-likeness (QED) is 0.723. The Kier molecular flexibility index (Phi) is 4.95. The smallest absolute Gasteiger partial charge is 0.203 e. The van der Waals surface area contributed by atoms with E-state index in [-0.39, 0.29) is 10.8 Å². The van der Waals surface area contributed by atoms with Crippen LogP contribution in [0.1, 0.15) is 71.1 Å². The third-order valence-corrected chi connectivity index (χ3v) is 4.65. The topological polar surface area (TPSA) is 17.1 Å². The summed E-state index contributed by atoms with van der Waals surface area (Å²) in [5.74, 6) is 0. The highest BCUT2D eigenvalue weighted by atomic mass is 16.1. The Bertz CT molecular complexity index is 441. The van der Waals surface area contributed by atoms with Crippen molar-refractivity contribution < 1.29 is 4.79 Å². The number of rotatable bonds is 6. The lowest BCUT2D eigenvalue weighted by molar-refractivity contribution is 0.485. The maximum atomic E-state index is 10.8. The Morgan fingerprint density at radius 1 is 1.00 bits per heavy atom. The predicted molar refractivity (Wildman–Crippen MR) is 82.5 cm³/mol. The molecule has 0 amide bonds. The second kappa shape index (κ2) is 5.90. The molecular weight excluding hydrogens is 232 g/mol. The zero-order valence-electron chi connectivity index (χ0n) is 13.3. The van der Waals surface area contributed by atoms with Crippen LogP contribution in [0.15, 0.2) is 18.2 Å². The second-order valence-electron chi connectivity index (χ2n) is 6.67. The van der Waals surface area contributed by atoms with E-state index in [9.17, 15) is 4.79 Å². The van der Waals surface area contributed by atoms with Gasteiger partial charge in [0.05, 0.1) is 0 Å². The van der Waals surface area contributed by atoms with Crippen LogP contribution in [-0.4, -0.2) is 6.29 Å². The Hall–Kier alpha value is -1.11. The van der Waals surface area contributed by atoms with E-state index in [1.807, 2.05) is 6.29 Å². The molecule has 105 valence electrons. The minimum absolute atomic E-state index is 0.103. The molecule has 0 aliphatic rings. The molecule has 0 aliphatic carbocycles. The maximum absolute atomic E-state index is 10.8. The number of benzene rings is 1. The average Bonchev–Trinajstić information content (AvgIpc) is 2.39. The third-order valence-electron chi connectivity index (χ3n) is 4.65. The van der Waals surface area contributed by atoms with Crippen LogP contribution in [0.2, 0.25) is 0 Å². The highest BCUT2D eigenvalue weighted by Crippen LogP contribution is 2.35. The zero-order chi connectivity index (χ0) is 14.7. The molecule has 0 atom stereocenters. The van der Waals surface area contributed by atoms with Gasteiger partial charge in [0.2, 0.25) is 6.29 Å². The molecule has 0 heterocycles. The Morgan fingerprint density at radius 3 is 2.05 bits per heavy atom. The van der Waals surface area contributed by atoms with Crippen LogP contribution in [0.25, 0.3) is 0 Å². The average molecular weight is 259 g/mol. The summed E-state index contributed by atoms with van der Waals surface area (Å²) < 4.78 is 0. The molecule has 1 heteroatoms. The van der Waals surface area contributed by atoms with Crippen molar-refractivity contribution in [1.29, 1.82) is 0 Å². The first-order valence-corrected chi connectivity index (χ1v) is 7.27. The molecule has 0 saturated heterocycles. The van der Waals surface area contributed by atoms with Crippen LogP contribution in [-0.2, 0) is 22.0 Å². The summed E-state index contributed by atoms with van der Waals surface area (Å²) in [4.78, 5) is 10.8. The first-order valence-electron chi connectivity index (χ1n) is 7.27. The Morgan fingerprint density at radius 2 is 1.58 bits per heavy atom. The van der Waals surface area contributed by atoms with Gasteiger partial charge in [0.1, 0.15) is 0 Å². The van der Waals surface area contributed by atoms with Crippen molar-refractivity contribution in [1.82, 2.24) is 0 Å². The van der Waals surface area contributed by atoms with Crippen molar-refractivity contribution in [2.24, 2.45) is 0 Å². The lowest BCUT2D eigenvalue weighted by Gasteiger charge is -2.30. The molecule has 0 unspecified atom stereocenters. The monoisotopic (exact) mass is 259 g/mol. The van der Waals surface area contributed by atoms with Crippen molar-refractivity contribution in [3.05, 3.63) is 34.9 Å². The number of carbonyl (C=O) groups excluding carboxylic acids is 1. The van der Waals surface area contributed by atoms with Crippen LogP contribution in [0.5, 0.6) is 0 Å². The van der Waals surface area contributed by atoms with Crippen molar-refractivity contribution in [2.45, 2.75) is 71.6 Å². The fourth-order valence-electron chi connectivity index (χ4n) is 2.25. The van der Waals surface area contributed by atoms with Gasteiger partial charge < -0.3 is 0 Å². The van der Waals surface area contributed by atoms with E-state index in [1.54, 1.807) is 0 Å². The predicted octanol–water partition coefficient (Wildman–Crippen LogP) is 4.71. The first-order chi connectivity index (χ1) is 8.78. The van der Waals surface area contributed by atoms with Crippen LogP contribution >= 0.6 is 0 Å². The van der Waals surface area contributed by atoms with Gasteiger partial charge in [-0.15, -0.1) is 0 Å². The fourth-order valence-corrected chi connectivity index (χ4v) is 2.25. The lowest BCUT2D eigenvalue weighted by Crippen LogP contribution is -2.22. The van der Waals surface area contributed by atoms with E-state index in [4.69, 9.17) is 0 Å². The second-order valence-corrected chi connectivity index (χ2v) is 6.67. The molecule has 1 aromatic rings. The molecule has 0 bridgehead atoms. The summed E-state index contributed by atoms with van der Waals surface area (Å²) in [6.45, 7) is 13.5. The minimum atomic E-state index is 0.103. The van der Waals surface area contributed by atoms with E-state index < -0.39 is 0 Å². The summed E-state index contributed by atoms with van der Waals surface area (Å²) in [6.07, 6.45) is 4.61. The van der Waals surface area contributed by atoms with Gasteiger partial charge in [-0.1, -0.05) is 59.7 Å². The molecular formula is C18H27O. The molecule has 1 radical (unpaired) electrons. The Labute approximate surface area is 118 Å². The van der Waals surface area contributed by atoms with Crippen molar-refractivity contribution in [3.63, 3.8) is 0 Å². The third kappa shape index (κ3) is 3.46. The summed E-state index contributed by atoms with van der Waals surface area (Å²) in [5, 5.41) is 0. The normalized spacial score (nSPS) is 12.5. The zero-order valence-corrected chi connectivity index (χ0v) is 13.3. The van der Waals surface area contributed by atoms with Crippen molar-refractivity contribution >= 4 is 6.29 Å². The van der Waals surface area contributed by atoms with E-state index in [2.05, 4.69) is 59.7 Å². The first kappa shape index (κ1) is 15.9. The van der Waals surface area contributed by atoms with Gasteiger partial charge in [-0.2, -0.15) is 0 Å². The molecule has 0 N–H and O–H groups in total. The maximum Gasteiger partial charge on any atom is 0.203 e. The van der Waals surface area contributed by atoms with Gasteiger partial charge in [0.15, 0.2) is 0 Å². The molecule has 1 nitrogen and oxygen atoms in total. The molecule has 1 rings (SSSR count). The van der Waals surface area contributed by atoms with Gasteiger partial charge in [-0.25, -0.2) is 0 Å². The number of hydrogen-bond donors (Lipinski definition) is 0.